The van der Waals surface area contributed by atoms with Crippen molar-refractivity contribution in [2.45, 2.75) is 55.8 Å². The van der Waals surface area contributed by atoms with Gasteiger partial charge in [0, 0.05) is 62.8 Å². The minimum absolute atomic E-state index is 0.0477. The minimum Gasteiger partial charge on any atom is -0.508 e. The Morgan fingerprint density at radius 3 is 2.82 bits per heavy atom. The van der Waals surface area contributed by atoms with Gasteiger partial charge < -0.3 is 25.0 Å². The highest BCUT2D eigenvalue weighted by molar-refractivity contribution is 6.02. The second kappa shape index (κ2) is 11.8. The van der Waals surface area contributed by atoms with Crippen molar-refractivity contribution in [3.8, 4) is 41.2 Å². The summed E-state index contributed by atoms with van der Waals surface area (Å²) in [6.45, 7) is 2.54. The third-order valence-electron chi connectivity index (χ3n) is 10.4. The Morgan fingerprint density at radius 1 is 1.20 bits per heavy atom. The van der Waals surface area contributed by atoms with Crippen LogP contribution >= 0.6 is 0 Å². The van der Waals surface area contributed by atoms with Crippen molar-refractivity contribution in [1.82, 2.24) is 35.3 Å². The molecule has 2 aromatic heterocycles. The third kappa shape index (κ3) is 5.16. The molecule has 2 N–H and O–H groups in total. The van der Waals surface area contributed by atoms with Crippen molar-refractivity contribution in [3.05, 3.63) is 47.3 Å². The van der Waals surface area contributed by atoms with E-state index in [-0.39, 0.29) is 75.6 Å². The minimum atomic E-state index is -0.803. The van der Waals surface area contributed by atoms with E-state index in [1.54, 1.807) is 14.1 Å². The number of carbonyl (C=O) groups excluding carboxylic acids is 1. The maximum Gasteiger partial charge on any atom is 0.409 e. The monoisotopic (exact) mass is 664 g/mol. The second-order valence-electron chi connectivity index (χ2n) is 13.5. The Bertz CT molecular complexity index is 2140. The summed E-state index contributed by atoms with van der Waals surface area (Å²) in [5, 5.41) is 23.4. The average Bonchev–Trinajstić information content (AvgIpc) is 3.89. The number of phenolic OH excluding ortho intramolecular Hbond substituents is 1. The number of hydrogen-bond acceptors (Lipinski definition) is 10. The predicted molar refractivity (Wildman–Crippen MR) is 179 cm³/mol. The number of carbonyl (C=O) groups is 1. The number of aromatic nitrogens is 4. The Morgan fingerprint density at radius 2 is 2.06 bits per heavy atom. The smallest absolute Gasteiger partial charge is 0.409 e. The molecule has 2 aromatic carbocycles. The van der Waals surface area contributed by atoms with E-state index >= 15 is 4.39 Å². The summed E-state index contributed by atoms with van der Waals surface area (Å²) < 4.78 is 37.2. The zero-order valence-electron chi connectivity index (χ0n) is 27.1. The lowest BCUT2D eigenvalue weighted by molar-refractivity contribution is 0.0794. The van der Waals surface area contributed by atoms with E-state index in [1.165, 1.54) is 29.2 Å². The maximum absolute atomic E-state index is 16.8. The molecule has 49 heavy (non-hydrogen) atoms. The number of ether oxygens (including phenoxy) is 1. The van der Waals surface area contributed by atoms with Gasteiger partial charge in [0.2, 0.25) is 5.82 Å². The van der Waals surface area contributed by atoms with Gasteiger partial charge in [-0.3, -0.25) is 4.90 Å². The van der Waals surface area contributed by atoms with Crippen LogP contribution in [0.4, 0.5) is 19.4 Å². The summed E-state index contributed by atoms with van der Waals surface area (Å²) in [6, 6.07) is 5.88. The van der Waals surface area contributed by atoms with E-state index in [4.69, 9.17) is 16.1 Å². The highest BCUT2D eigenvalue weighted by Gasteiger charge is 2.48. The highest BCUT2D eigenvalue weighted by atomic mass is 19.1. The number of terminal acetylenes is 1. The van der Waals surface area contributed by atoms with Gasteiger partial charge in [0.25, 0.3) is 0 Å². The molecule has 0 unspecified atom stereocenters. The molecule has 0 saturated carbocycles. The van der Waals surface area contributed by atoms with Gasteiger partial charge in [0.1, 0.15) is 29.4 Å². The predicted octanol–water partition coefficient (Wildman–Crippen LogP) is 3.80. The molecular weight excluding hydrogens is 630 g/mol. The Kier molecular flexibility index (Phi) is 7.50. The van der Waals surface area contributed by atoms with E-state index in [9.17, 15) is 14.3 Å². The largest absolute Gasteiger partial charge is 0.508 e. The first-order valence-corrected chi connectivity index (χ1v) is 16.5. The fraction of sp³-hybridized carbons (Fsp3) is 0.417. The van der Waals surface area contributed by atoms with Crippen molar-refractivity contribution in [2.24, 2.45) is 0 Å². The quantitative estimate of drug-likeness (QED) is 0.312. The van der Waals surface area contributed by atoms with E-state index in [0.29, 0.717) is 17.7 Å². The van der Waals surface area contributed by atoms with Gasteiger partial charge in [-0.15, -0.1) is 16.6 Å². The van der Waals surface area contributed by atoms with Crippen LogP contribution in [0.2, 0.25) is 0 Å². The van der Waals surface area contributed by atoms with Crippen LogP contribution in [0.25, 0.3) is 33.1 Å². The number of aromatic hydroxyl groups is 1. The summed E-state index contributed by atoms with van der Waals surface area (Å²) in [6.07, 6.45) is 9.66. The van der Waals surface area contributed by atoms with E-state index in [2.05, 4.69) is 48.1 Å². The summed E-state index contributed by atoms with van der Waals surface area (Å²) in [5.41, 5.74) is -0.520. The van der Waals surface area contributed by atoms with Gasteiger partial charge in [-0.1, -0.05) is 17.9 Å². The number of piperazine rings is 1. The SMILES string of the molecule is C#Cc1c(F)ccc2cc(O)cc(-c3nnc4c(N5C[C@H]6C[C@@H]5CN6)nc(C#C[C@]56CCCN5[C@@H](COC(=O)N(C)C)CC6)nc4c3F)c12. The summed E-state index contributed by atoms with van der Waals surface area (Å²) >= 11 is 0. The number of halogens is 2. The number of hydrogen-bond donors (Lipinski definition) is 2. The van der Waals surface area contributed by atoms with Gasteiger partial charge in [-0.25, -0.2) is 23.5 Å². The summed E-state index contributed by atoms with van der Waals surface area (Å²) in [4.78, 5) is 27.4. The van der Waals surface area contributed by atoms with Gasteiger partial charge in [0.15, 0.2) is 17.2 Å². The van der Waals surface area contributed by atoms with E-state index in [1.807, 2.05) is 0 Å². The molecule has 0 radical (unpaired) electrons. The lowest BCUT2D eigenvalue weighted by Crippen LogP contribution is -2.44. The van der Waals surface area contributed by atoms with Crippen LogP contribution in [0.15, 0.2) is 24.3 Å². The number of phenols is 1. The van der Waals surface area contributed by atoms with Crippen LogP contribution in [0, 0.1) is 35.8 Å². The molecular formula is C36H34F2N8O3. The van der Waals surface area contributed by atoms with Crippen LogP contribution in [0.5, 0.6) is 5.75 Å². The third-order valence-corrected chi connectivity index (χ3v) is 10.4. The zero-order chi connectivity index (χ0) is 34.0. The number of anilines is 1. The summed E-state index contributed by atoms with van der Waals surface area (Å²) in [7, 11) is 3.31. The molecule has 0 spiro atoms. The molecule has 2 bridgehead atoms. The standard InChI is InChI=1S/C36H34F2N8O3/c1-4-25-27(37)7-6-20-14-24(47)16-26(29(20)25)31-30(38)32-33(43-42-31)34(45-18-21-15-23(45)17-39-21)41-28(40-32)9-12-36-10-5-13-46(36)22(8-11-36)19-49-35(48)44(2)3/h1,6-7,14,16,21-23,39,47H,5,8,10-11,13,15,17-19H2,2-3H3/t21-,22-,23-,36-/m1/s1. The highest BCUT2D eigenvalue weighted by Crippen LogP contribution is 2.43. The Hall–Kier alpha value is -5.11. The Balaban J connectivity index is 1.24. The number of nitrogens with zero attached hydrogens (tertiary/aromatic N) is 7. The molecule has 0 aliphatic carbocycles. The summed E-state index contributed by atoms with van der Waals surface area (Å²) in [5.74, 6) is 8.01. The number of benzene rings is 2. The van der Waals surface area contributed by atoms with Crippen LogP contribution in [0.3, 0.4) is 0 Å². The van der Waals surface area contributed by atoms with Crippen molar-refractivity contribution >= 4 is 33.7 Å². The molecule has 11 nitrogen and oxygen atoms in total. The zero-order valence-corrected chi connectivity index (χ0v) is 27.1. The fourth-order valence-corrected chi connectivity index (χ4v) is 8.05. The van der Waals surface area contributed by atoms with Crippen LogP contribution < -0.4 is 10.2 Å². The lowest BCUT2D eigenvalue weighted by Gasteiger charge is -2.30. The molecule has 1 amide bonds. The second-order valence-corrected chi connectivity index (χ2v) is 13.5. The molecule has 4 aromatic rings. The first-order chi connectivity index (χ1) is 23.7. The first kappa shape index (κ1) is 31.2. The number of amides is 1. The molecule has 6 heterocycles. The van der Waals surface area contributed by atoms with Gasteiger partial charge >= 0.3 is 6.09 Å². The first-order valence-electron chi connectivity index (χ1n) is 16.5. The van der Waals surface area contributed by atoms with Crippen molar-refractivity contribution in [3.63, 3.8) is 0 Å². The van der Waals surface area contributed by atoms with Crippen LogP contribution in [0.1, 0.15) is 43.5 Å². The molecule has 4 saturated heterocycles. The maximum atomic E-state index is 16.8. The van der Waals surface area contributed by atoms with E-state index in [0.717, 1.165) is 45.2 Å². The fourth-order valence-electron chi connectivity index (χ4n) is 8.05. The molecule has 4 aliphatic rings. The topological polar surface area (TPSA) is 120 Å². The van der Waals surface area contributed by atoms with Gasteiger partial charge in [0.05, 0.1) is 11.1 Å². The molecule has 13 heteroatoms. The number of rotatable bonds is 4. The van der Waals surface area contributed by atoms with Crippen LogP contribution in [-0.4, -0.2) is 105 Å². The number of nitrogens with one attached hydrogen (secondary N) is 1. The van der Waals surface area contributed by atoms with Gasteiger partial charge in [-0.2, -0.15) is 0 Å². The van der Waals surface area contributed by atoms with E-state index < -0.39 is 17.2 Å². The normalized spacial score (nSPS) is 24.2. The molecule has 8 rings (SSSR count). The van der Waals surface area contributed by atoms with Crippen molar-refractivity contribution in [2.75, 3.05) is 45.2 Å². The van der Waals surface area contributed by atoms with Crippen molar-refractivity contribution in [1.29, 1.82) is 0 Å². The molecule has 250 valence electrons. The lowest BCUT2D eigenvalue weighted by atomic mass is 9.95. The molecule has 4 aliphatic heterocycles. The number of fused-ring (bicyclic) bond motifs is 5. The Labute approximate surface area is 281 Å². The average molecular weight is 665 g/mol. The molecule has 4 atom stereocenters. The van der Waals surface area contributed by atoms with Crippen LogP contribution in [-0.2, 0) is 4.74 Å². The van der Waals surface area contributed by atoms with Gasteiger partial charge in [-0.05, 0) is 61.6 Å². The molecule has 4 fully saturated rings. The van der Waals surface area contributed by atoms with Crippen molar-refractivity contribution < 1.29 is 23.4 Å².